The van der Waals surface area contributed by atoms with Gasteiger partial charge in [-0.1, -0.05) is 54.6 Å². The van der Waals surface area contributed by atoms with E-state index in [0.717, 1.165) is 32.4 Å². The van der Waals surface area contributed by atoms with Gasteiger partial charge in [-0.3, -0.25) is 0 Å². The highest BCUT2D eigenvalue weighted by Gasteiger charge is 2.29. The molecule has 1 heterocycles. The van der Waals surface area contributed by atoms with E-state index in [9.17, 15) is 5.11 Å². The number of nitrogens with one attached hydrogen (secondary N) is 1. The van der Waals surface area contributed by atoms with Crippen LogP contribution in [0.4, 0.5) is 0 Å². The minimum atomic E-state index is -0.559. The summed E-state index contributed by atoms with van der Waals surface area (Å²) in [6, 6.07) is 18.8. The summed E-state index contributed by atoms with van der Waals surface area (Å²) in [5.74, 6) is 0. The third-order valence-corrected chi connectivity index (χ3v) is 4.16. The van der Waals surface area contributed by atoms with Crippen molar-refractivity contribution in [3.63, 3.8) is 0 Å². The van der Waals surface area contributed by atoms with Gasteiger partial charge in [-0.15, -0.1) is 0 Å². The molecular formula is C18H21NO. The maximum absolute atomic E-state index is 10.8. The molecule has 104 valence electrons. The molecule has 1 saturated heterocycles. The van der Waals surface area contributed by atoms with Crippen LogP contribution in [0.3, 0.4) is 0 Å². The molecule has 0 spiro atoms. The molecule has 0 aromatic heterocycles. The predicted octanol–water partition coefficient (Wildman–Crippen LogP) is 3.01. The Morgan fingerprint density at radius 3 is 2.30 bits per heavy atom. The largest absolute Gasteiger partial charge is 0.389 e. The summed E-state index contributed by atoms with van der Waals surface area (Å²) in [7, 11) is 0. The molecule has 2 nitrogen and oxygen atoms in total. The van der Waals surface area contributed by atoms with E-state index in [0.29, 0.717) is 0 Å². The van der Waals surface area contributed by atoms with Crippen LogP contribution < -0.4 is 5.32 Å². The topological polar surface area (TPSA) is 32.3 Å². The first kappa shape index (κ1) is 13.3. The minimum absolute atomic E-state index is 0.559. The van der Waals surface area contributed by atoms with Crippen molar-refractivity contribution in [2.45, 2.75) is 24.9 Å². The Morgan fingerprint density at radius 1 is 0.900 bits per heavy atom. The molecule has 0 radical (unpaired) electrons. The van der Waals surface area contributed by atoms with Crippen LogP contribution in [0.5, 0.6) is 0 Å². The van der Waals surface area contributed by atoms with Gasteiger partial charge in [0.05, 0.1) is 5.60 Å². The van der Waals surface area contributed by atoms with Crippen molar-refractivity contribution >= 4 is 0 Å². The van der Waals surface area contributed by atoms with Crippen LogP contribution in [0.1, 0.15) is 18.4 Å². The quantitative estimate of drug-likeness (QED) is 0.896. The zero-order valence-electron chi connectivity index (χ0n) is 11.7. The first-order chi connectivity index (χ1) is 9.77. The Hall–Kier alpha value is -1.64. The first-order valence-electron chi connectivity index (χ1n) is 7.33. The highest BCUT2D eigenvalue weighted by molar-refractivity contribution is 5.67. The highest BCUT2D eigenvalue weighted by atomic mass is 16.3. The maximum atomic E-state index is 10.8. The van der Waals surface area contributed by atoms with Crippen LogP contribution in [0.25, 0.3) is 11.1 Å². The van der Waals surface area contributed by atoms with E-state index < -0.39 is 5.60 Å². The van der Waals surface area contributed by atoms with E-state index in [1.54, 1.807) is 0 Å². The van der Waals surface area contributed by atoms with Crippen molar-refractivity contribution in [1.82, 2.24) is 5.32 Å². The Bertz CT molecular complexity index is 559. The van der Waals surface area contributed by atoms with E-state index in [4.69, 9.17) is 0 Å². The Labute approximate surface area is 120 Å². The van der Waals surface area contributed by atoms with Gasteiger partial charge in [0.15, 0.2) is 0 Å². The van der Waals surface area contributed by atoms with Crippen molar-refractivity contribution in [2.24, 2.45) is 0 Å². The maximum Gasteiger partial charge on any atom is 0.0712 e. The summed E-state index contributed by atoms with van der Waals surface area (Å²) in [4.78, 5) is 0. The second kappa shape index (κ2) is 5.78. The van der Waals surface area contributed by atoms with Gasteiger partial charge in [0.25, 0.3) is 0 Å². The van der Waals surface area contributed by atoms with Crippen molar-refractivity contribution in [1.29, 1.82) is 0 Å². The minimum Gasteiger partial charge on any atom is -0.389 e. The fraction of sp³-hybridized carbons (Fsp3) is 0.333. The molecule has 2 aromatic carbocycles. The molecular weight excluding hydrogens is 246 g/mol. The summed E-state index contributed by atoms with van der Waals surface area (Å²) < 4.78 is 0. The fourth-order valence-corrected chi connectivity index (χ4v) is 3.00. The lowest BCUT2D eigenvalue weighted by Gasteiger charge is -2.33. The molecule has 20 heavy (non-hydrogen) atoms. The standard InChI is InChI=1S/C18H21NO/c20-18(10-12-19-13-11-18)14-16-8-4-5-9-17(16)15-6-2-1-3-7-15/h1-9,19-20H,10-14H2. The number of hydrogen-bond donors (Lipinski definition) is 2. The average Bonchev–Trinajstić information content (AvgIpc) is 2.49. The molecule has 1 fully saturated rings. The number of benzene rings is 2. The van der Waals surface area contributed by atoms with Crippen LogP contribution >= 0.6 is 0 Å². The lowest BCUT2D eigenvalue weighted by atomic mass is 9.83. The summed E-state index contributed by atoms with van der Waals surface area (Å²) >= 11 is 0. The van der Waals surface area contributed by atoms with Gasteiger partial charge in [0.2, 0.25) is 0 Å². The molecule has 1 aliphatic rings. The van der Waals surface area contributed by atoms with Crippen LogP contribution in [0.15, 0.2) is 54.6 Å². The van der Waals surface area contributed by atoms with E-state index in [-0.39, 0.29) is 0 Å². The SMILES string of the molecule is OC1(Cc2ccccc2-c2ccccc2)CCNCC1. The summed E-state index contributed by atoms with van der Waals surface area (Å²) in [5.41, 5.74) is 3.14. The Kier molecular flexibility index (Phi) is 3.86. The van der Waals surface area contributed by atoms with Crippen molar-refractivity contribution in [3.05, 3.63) is 60.2 Å². The molecule has 2 aromatic rings. The third kappa shape index (κ3) is 2.92. The van der Waals surface area contributed by atoms with Gasteiger partial charge in [-0.2, -0.15) is 0 Å². The molecule has 0 unspecified atom stereocenters. The zero-order valence-corrected chi connectivity index (χ0v) is 11.7. The summed E-state index contributed by atoms with van der Waals surface area (Å²) in [6.45, 7) is 1.81. The van der Waals surface area contributed by atoms with E-state index in [1.165, 1.54) is 16.7 Å². The molecule has 1 aliphatic heterocycles. The average molecular weight is 267 g/mol. The first-order valence-corrected chi connectivity index (χ1v) is 7.33. The van der Waals surface area contributed by atoms with E-state index in [1.807, 2.05) is 6.07 Å². The molecule has 0 aliphatic carbocycles. The predicted molar refractivity (Wildman–Crippen MR) is 82.6 cm³/mol. The second-order valence-electron chi connectivity index (χ2n) is 5.67. The van der Waals surface area contributed by atoms with Gasteiger partial charge in [0, 0.05) is 6.42 Å². The number of aliphatic hydroxyl groups is 1. The number of rotatable bonds is 3. The van der Waals surface area contributed by atoms with Crippen LogP contribution in [-0.4, -0.2) is 23.8 Å². The van der Waals surface area contributed by atoms with Gasteiger partial charge >= 0.3 is 0 Å². The smallest absolute Gasteiger partial charge is 0.0712 e. The molecule has 0 amide bonds. The van der Waals surface area contributed by atoms with Gasteiger partial charge in [-0.05, 0) is 42.6 Å². The molecule has 0 atom stereocenters. The normalized spacial score (nSPS) is 17.9. The van der Waals surface area contributed by atoms with Gasteiger partial charge in [-0.25, -0.2) is 0 Å². The van der Waals surface area contributed by atoms with Crippen molar-refractivity contribution in [2.75, 3.05) is 13.1 Å². The molecule has 3 rings (SSSR count). The van der Waals surface area contributed by atoms with E-state index in [2.05, 4.69) is 53.8 Å². The van der Waals surface area contributed by atoms with Crippen LogP contribution in [0.2, 0.25) is 0 Å². The van der Waals surface area contributed by atoms with Crippen LogP contribution in [-0.2, 0) is 6.42 Å². The van der Waals surface area contributed by atoms with Crippen molar-refractivity contribution < 1.29 is 5.11 Å². The molecule has 0 bridgehead atoms. The Balaban J connectivity index is 1.90. The number of piperidine rings is 1. The van der Waals surface area contributed by atoms with E-state index >= 15 is 0 Å². The third-order valence-electron chi connectivity index (χ3n) is 4.16. The number of hydrogen-bond acceptors (Lipinski definition) is 2. The summed E-state index contributed by atoms with van der Waals surface area (Å²) in [5, 5.41) is 14.1. The van der Waals surface area contributed by atoms with Crippen molar-refractivity contribution in [3.8, 4) is 11.1 Å². The molecule has 0 saturated carbocycles. The molecule has 2 N–H and O–H groups in total. The lowest BCUT2D eigenvalue weighted by molar-refractivity contribution is 0.0110. The zero-order chi connectivity index (χ0) is 13.8. The summed E-state index contributed by atoms with van der Waals surface area (Å²) in [6.07, 6.45) is 2.39. The monoisotopic (exact) mass is 267 g/mol. The highest BCUT2D eigenvalue weighted by Crippen LogP contribution is 2.29. The second-order valence-corrected chi connectivity index (χ2v) is 5.67. The van der Waals surface area contributed by atoms with Gasteiger partial charge in [0.1, 0.15) is 0 Å². The Morgan fingerprint density at radius 2 is 1.55 bits per heavy atom. The van der Waals surface area contributed by atoms with Gasteiger partial charge < -0.3 is 10.4 Å². The van der Waals surface area contributed by atoms with Crippen LogP contribution in [0, 0.1) is 0 Å². The fourth-order valence-electron chi connectivity index (χ4n) is 3.00. The molecule has 2 heteroatoms. The lowest BCUT2D eigenvalue weighted by Crippen LogP contribution is -2.43.